The summed E-state index contributed by atoms with van der Waals surface area (Å²) in [5.41, 5.74) is 1.34. The Morgan fingerprint density at radius 2 is 2.25 bits per heavy atom. The molecule has 20 heavy (non-hydrogen) atoms. The van der Waals surface area contributed by atoms with Gasteiger partial charge in [-0.05, 0) is 26.0 Å². The van der Waals surface area contributed by atoms with E-state index in [1.807, 2.05) is 6.92 Å². The minimum absolute atomic E-state index is 0.126. The lowest BCUT2D eigenvalue weighted by molar-refractivity contribution is -0.142. The van der Waals surface area contributed by atoms with Crippen molar-refractivity contribution in [2.75, 3.05) is 13.7 Å². The number of ether oxygens (including phenoxy) is 3. The molecule has 1 aromatic rings. The normalized spacial score (nSPS) is 17.9. The van der Waals surface area contributed by atoms with E-state index in [2.05, 4.69) is 0 Å². The number of carbonyl (C=O) groups excluding carboxylic acids is 1. The molecule has 5 heteroatoms. The molecule has 0 fully saturated rings. The lowest BCUT2D eigenvalue weighted by atomic mass is 10.00. The molecular weight excluding hydrogens is 263 g/mol. The molecule has 1 aromatic carbocycles. The number of hydrogen-bond donors (Lipinski definition) is 0. The third kappa shape index (κ3) is 2.76. The Bertz CT molecular complexity index is 551. The first kappa shape index (κ1) is 14.4. The molecule has 1 heterocycles. The van der Waals surface area contributed by atoms with Crippen LogP contribution < -0.4 is 4.74 Å². The molecule has 0 saturated carbocycles. The highest BCUT2D eigenvalue weighted by Crippen LogP contribution is 2.38. The van der Waals surface area contributed by atoms with Crippen LogP contribution in [0, 0.1) is 5.82 Å². The van der Waals surface area contributed by atoms with E-state index < -0.39 is 11.8 Å². The fraction of sp³-hybridized carbons (Fsp3) is 0.400. The number of halogens is 1. The van der Waals surface area contributed by atoms with E-state index in [4.69, 9.17) is 14.2 Å². The molecular formula is C15H17FO4. The summed E-state index contributed by atoms with van der Waals surface area (Å²) >= 11 is 0. The van der Waals surface area contributed by atoms with Crippen LogP contribution in [-0.2, 0) is 14.3 Å². The molecule has 0 aromatic heterocycles. The lowest BCUT2D eigenvalue weighted by Crippen LogP contribution is -2.10. The smallest absolute Gasteiger partial charge is 0.373 e. The standard InChI is InChI=1S/C15H17FO4/c1-4-19-15(17)14-12(7-9(2)20-14)11-6-5-10(16)8-13(11)18-3/h5-6,8-9H,4,7H2,1-3H3. The Hall–Kier alpha value is -2.04. The van der Waals surface area contributed by atoms with Gasteiger partial charge in [-0.15, -0.1) is 0 Å². The number of carbonyl (C=O) groups is 1. The van der Waals surface area contributed by atoms with Gasteiger partial charge in [-0.1, -0.05) is 0 Å². The number of rotatable bonds is 4. The number of benzene rings is 1. The molecule has 108 valence electrons. The van der Waals surface area contributed by atoms with Crippen LogP contribution in [0.5, 0.6) is 5.75 Å². The zero-order chi connectivity index (χ0) is 14.7. The molecule has 0 bridgehead atoms. The Morgan fingerprint density at radius 1 is 1.50 bits per heavy atom. The molecule has 0 N–H and O–H groups in total. The quantitative estimate of drug-likeness (QED) is 0.795. The van der Waals surface area contributed by atoms with E-state index >= 15 is 0 Å². The van der Waals surface area contributed by atoms with Crippen LogP contribution in [0.15, 0.2) is 24.0 Å². The van der Waals surface area contributed by atoms with Crippen molar-refractivity contribution in [2.24, 2.45) is 0 Å². The van der Waals surface area contributed by atoms with Crippen molar-refractivity contribution in [1.29, 1.82) is 0 Å². The molecule has 1 aliphatic rings. The molecule has 0 radical (unpaired) electrons. The molecule has 1 unspecified atom stereocenters. The number of methoxy groups -OCH3 is 1. The first-order valence-electron chi connectivity index (χ1n) is 6.47. The highest BCUT2D eigenvalue weighted by atomic mass is 19.1. The van der Waals surface area contributed by atoms with E-state index in [1.165, 1.54) is 19.2 Å². The second kappa shape index (κ2) is 5.94. The fourth-order valence-electron chi connectivity index (χ4n) is 2.21. The fourth-order valence-corrected chi connectivity index (χ4v) is 2.21. The maximum absolute atomic E-state index is 13.3. The average molecular weight is 280 g/mol. The summed E-state index contributed by atoms with van der Waals surface area (Å²) < 4.78 is 28.9. The first-order valence-corrected chi connectivity index (χ1v) is 6.47. The Balaban J connectivity index is 2.47. The van der Waals surface area contributed by atoms with Crippen LogP contribution in [0.3, 0.4) is 0 Å². The zero-order valence-electron chi connectivity index (χ0n) is 11.7. The van der Waals surface area contributed by atoms with Crippen molar-refractivity contribution < 1.29 is 23.4 Å². The van der Waals surface area contributed by atoms with E-state index in [0.717, 1.165) is 0 Å². The third-order valence-electron chi connectivity index (χ3n) is 3.03. The number of esters is 1. The van der Waals surface area contributed by atoms with Gasteiger partial charge in [-0.25, -0.2) is 9.18 Å². The van der Waals surface area contributed by atoms with Gasteiger partial charge in [0, 0.05) is 23.6 Å². The Labute approximate surface area is 117 Å². The lowest BCUT2D eigenvalue weighted by Gasteiger charge is -2.10. The van der Waals surface area contributed by atoms with Crippen molar-refractivity contribution in [1.82, 2.24) is 0 Å². The van der Waals surface area contributed by atoms with Gasteiger partial charge >= 0.3 is 5.97 Å². The summed E-state index contributed by atoms with van der Waals surface area (Å²) in [6, 6.07) is 4.20. The van der Waals surface area contributed by atoms with Crippen LogP contribution in [0.2, 0.25) is 0 Å². The van der Waals surface area contributed by atoms with Gasteiger partial charge in [0.15, 0.2) is 0 Å². The van der Waals surface area contributed by atoms with Crippen LogP contribution in [-0.4, -0.2) is 25.8 Å². The monoisotopic (exact) mass is 280 g/mol. The largest absolute Gasteiger partial charge is 0.496 e. The zero-order valence-corrected chi connectivity index (χ0v) is 11.7. The summed E-state index contributed by atoms with van der Waals surface area (Å²) in [6.45, 7) is 3.87. The van der Waals surface area contributed by atoms with Crippen LogP contribution in [0.4, 0.5) is 4.39 Å². The number of hydrogen-bond acceptors (Lipinski definition) is 4. The van der Waals surface area contributed by atoms with E-state index in [-0.39, 0.29) is 18.5 Å². The van der Waals surface area contributed by atoms with Crippen molar-refractivity contribution in [3.8, 4) is 5.75 Å². The van der Waals surface area contributed by atoms with Gasteiger partial charge in [0.25, 0.3) is 0 Å². The minimum Gasteiger partial charge on any atom is -0.496 e. The third-order valence-corrected chi connectivity index (χ3v) is 3.03. The van der Waals surface area contributed by atoms with Crippen LogP contribution in [0.1, 0.15) is 25.8 Å². The summed E-state index contributed by atoms with van der Waals surface area (Å²) in [5.74, 6) is -0.335. The molecule has 1 aliphatic heterocycles. The predicted octanol–water partition coefficient (Wildman–Crippen LogP) is 2.92. The van der Waals surface area contributed by atoms with E-state index in [0.29, 0.717) is 23.3 Å². The summed E-state index contributed by atoms with van der Waals surface area (Å²) in [6.07, 6.45) is 0.426. The molecule has 0 saturated heterocycles. The van der Waals surface area contributed by atoms with Gasteiger partial charge in [-0.2, -0.15) is 0 Å². The molecule has 0 amide bonds. The van der Waals surface area contributed by atoms with Gasteiger partial charge < -0.3 is 14.2 Å². The molecule has 1 atom stereocenters. The molecule has 0 spiro atoms. The van der Waals surface area contributed by atoms with Crippen molar-refractivity contribution in [2.45, 2.75) is 26.4 Å². The topological polar surface area (TPSA) is 44.8 Å². The highest BCUT2D eigenvalue weighted by Gasteiger charge is 2.31. The van der Waals surface area contributed by atoms with Gasteiger partial charge in [-0.3, -0.25) is 0 Å². The second-order valence-corrected chi connectivity index (χ2v) is 4.51. The van der Waals surface area contributed by atoms with Crippen molar-refractivity contribution in [3.05, 3.63) is 35.3 Å². The van der Waals surface area contributed by atoms with Gasteiger partial charge in [0.1, 0.15) is 17.7 Å². The van der Waals surface area contributed by atoms with E-state index in [1.54, 1.807) is 13.0 Å². The van der Waals surface area contributed by atoms with Gasteiger partial charge in [0.2, 0.25) is 5.76 Å². The molecule has 2 rings (SSSR count). The first-order chi connectivity index (χ1) is 9.56. The van der Waals surface area contributed by atoms with Crippen molar-refractivity contribution in [3.63, 3.8) is 0 Å². The predicted molar refractivity (Wildman–Crippen MR) is 71.7 cm³/mol. The SMILES string of the molecule is CCOC(=O)C1=C(c2ccc(F)cc2OC)CC(C)O1. The van der Waals surface area contributed by atoms with Gasteiger partial charge in [0.05, 0.1) is 13.7 Å². The van der Waals surface area contributed by atoms with Crippen LogP contribution in [0.25, 0.3) is 5.57 Å². The Morgan fingerprint density at radius 3 is 2.90 bits per heavy atom. The molecule has 0 aliphatic carbocycles. The average Bonchev–Trinajstić information content (AvgIpc) is 2.80. The summed E-state index contributed by atoms with van der Waals surface area (Å²) in [7, 11) is 1.46. The highest BCUT2D eigenvalue weighted by molar-refractivity contribution is 5.97. The van der Waals surface area contributed by atoms with E-state index in [9.17, 15) is 9.18 Å². The molecule has 4 nitrogen and oxygen atoms in total. The maximum atomic E-state index is 13.3. The minimum atomic E-state index is -0.502. The Kier molecular flexibility index (Phi) is 4.27. The summed E-state index contributed by atoms with van der Waals surface area (Å²) in [4.78, 5) is 11.9. The summed E-state index contributed by atoms with van der Waals surface area (Å²) in [5, 5.41) is 0. The second-order valence-electron chi connectivity index (χ2n) is 4.51. The van der Waals surface area contributed by atoms with Crippen molar-refractivity contribution >= 4 is 11.5 Å². The maximum Gasteiger partial charge on any atom is 0.373 e. The van der Waals surface area contributed by atoms with Crippen LogP contribution >= 0.6 is 0 Å².